The van der Waals surface area contributed by atoms with Gasteiger partial charge in [0.15, 0.2) is 0 Å². The smallest absolute Gasteiger partial charge is 0.263 e. The number of nitrogens with zero attached hydrogens (tertiary/aromatic N) is 1. The lowest BCUT2D eigenvalue weighted by molar-refractivity contribution is 0.0623. The van der Waals surface area contributed by atoms with E-state index >= 15 is 0 Å². The number of hydrogen-bond acceptors (Lipinski definition) is 5. The number of methoxy groups -OCH3 is 1. The van der Waals surface area contributed by atoms with Gasteiger partial charge in [-0.05, 0) is 66.3 Å². The molecule has 1 amide bonds. The molecule has 9 heteroatoms. The summed E-state index contributed by atoms with van der Waals surface area (Å²) in [4.78, 5) is 15.1. The molecule has 3 aromatic rings. The van der Waals surface area contributed by atoms with Crippen LogP contribution in [0.15, 0.2) is 71.6 Å². The van der Waals surface area contributed by atoms with Gasteiger partial charge >= 0.3 is 0 Å². The lowest BCUT2D eigenvalue weighted by atomic mass is 9.91. The molecule has 37 heavy (non-hydrogen) atoms. The van der Waals surface area contributed by atoms with Crippen molar-refractivity contribution in [1.82, 2.24) is 4.90 Å². The normalized spacial score (nSPS) is 17.8. The monoisotopic (exact) mass is 525 g/mol. The molecule has 0 aromatic heterocycles. The minimum atomic E-state index is -4.09. The van der Waals surface area contributed by atoms with E-state index in [0.717, 1.165) is 12.0 Å². The Balaban J connectivity index is 1.67. The fraction of sp³-hybridized carbons (Fsp3) is 0.321. The van der Waals surface area contributed by atoms with E-state index in [0.29, 0.717) is 47.6 Å². The molecule has 4 rings (SSSR count). The number of carbonyl (C=O) groups is 1. The molecular weight excluding hydrogens is 493 g/mol. The molecule has 196 valence electrons. The van der Waals surface area contributed by atoms with Crippen molar-refractivity contribution in [3.8, 4) is 5.75 Å². The molecule has 1 heterocycles. The van der Waals surface area contributed by atoms with Crippen LogP contribution in [0, 0.1) is 17.7 Å². The van der Waals surface area contributed by atoms with Crippen LogP contribution in [0.25, 0.3) is 0 Å². The van der Waals surface area contributed by atoms with Crippen LogP contribution in [0.1, 0.15) is 36.2 Å². The second kappa shape index (κ2) is 11.2. The number of likely N-dealkylation sites (tertiary alicyclic amines) is 1. The minimum absolute atomic E-state index is 0.0543. The SMILES string of the molecule is COc1cccc(NS(=O)(=O)c2cc(C(=O)N3CC(C)CC(C)C3)ccc2NCc2ccc(F)cc2)c1. The van der Waals surface area contributed by atoms with Crippen LogP contribution < -0.4 is 14.8 Å². The van der Waals surface area contributed by atoms with Gasteiger partial charge in [0, 0.05) is 31.3 Å². The van der Waals surface area contributed by atoms with E-state index in [9.17, 15) is 17.6 Å². The number of halogens is 1. The van der Waals surface area contributed by atoms with Crippen molar-refractivity contribution >= 4 is 27.3 Å². The first-order valence-corrected chi connectivity index (χ1v) is 13.7. The van der Waals surface area contributed by atoms with Crippen LogP contribution in [-0.2, 0) is 16.6 Å². The Kier molecular flexibility index (Phi) is 8.02. The Morgan fingerprint density at radius 2 is 1.73 bits per heavy atom. The zero-order valence-electron chi connectivity index (χ0n) is 21.2. The molecule has 1 saturated heterocycles. The van der Waals surface area contributed by atoms with E-state index in [2.05, 4.69) is 23.9 Å². The van der Waals surface area contributed by atoms with Gasteiger partial charge in [-0.1, -0.05) is 32.0 Å². The summed E-state index contributed by atoms with van der Waals surface area (Å²) >= 11 is 0. The molecule has 3 aromatic carbocycles. The molecule has 2 unspecified atom stereocenters. The molecule has 2 atom stereocenters. The van der Waals surface area contributed by atoms with Gasteiger partial charge in [-0.25, -0.2) is 12.8 Å². The standard InChI is InChI=1S/C28H32FN3O4S/c1-19-13-20(2)18-32(17-19)28(33)22-9-12-26(30-16-21-7-10-23(29)11-8-21)27(14-22)37(34,35)31-24-5-4-6-25(15-24)36-3/h4-12,14-15,19-20,30-31H,13,16-18H2,1-3H3. The van der Waals surface area contributed by atoms with Gasteiger partial charge in [0.1, 0.15) is 16.5 Å². The number of piperidine rings is 1. The summed E-state index contributed by atoms with van der Waals surface area (Å²) in [5, 5.41) is 3.13. The summed E-state index contributed by atoms with van der Waals surface area (Å²) in [7, 11) is -2.58. The molecule has 1 aliphatic rings. The maximum atomic E-state index is 13.6. The van der Waals surface area contributed by atoms with Crippen molar-refractivity contribution in [2.45, 2.75) is 31.7 Å². The molecule has 0 radical (unpaired) electrons. The van der Waals surface area contributed by atoms with Crippen molar-refractivity contribution in [1.29, 1.82) is 0 Å². The van der Waals surface area contributed by atoms with Gasteiger partial charge in [-0.2, -0.15) is 0 Å². The number of benzene rings is 3. The molecular formula is C28H32FN3O4S. The number of carbonyl (C=O) groups excluding carboxylic acids is 1. The van der Waals surface area contributed by atoms with Gasteiger partial charge in [0.2, 0.25) is 0 Å². The predicted molar refractivity (Wildman–Crippen MR) is 143 cm³/mol. The fourth-order valence-corrected chi connectivity index (χ4v) is 5.99. The topological polar surface area (TPSA) is 87.7 Å². The molecule has 1 aliphatic heterocycles. The Bertz CT molecular complexity index is 1350. The first-order valence-electron chi connectivity index (χ1n) is 12.2. The van der Waals surface area contributed by atoms with Gasteiger partial charge in [0.05, 0.1) is 18.5 Å². The van der Waals surface area contributed by atoms with Gasteiger partial charge in [0.25, 0.3) is 15.9 Å². The first kappa shape index (κ1) is 26.5. The zero-order chi connectivity index (χ0) is 26.6. The van der Waals surface area contributed by atoms with Crippen LogP contribution >= 0.6 is 0 Å². The third-order valence-corrected chi connectivity index (χ3v) is 7.81. The Morgan fingerprint density at radius 1 is 1.03 bits per heavy atom. The second-order valence-corrected chi connectivity index (χ2v) is 11.3. The molecule has 7 nitrogen and oxygen atoms in total. The van der Waals surface area contributed by atoms with Gasteiger partial charge < -0.3 is 15.0 Å². The van der Waals surface area contributed by atoms with E-state index in [1.165, 1.54) is 25.3 Å². The van der Waals surface area contributed by atoms with E-state index in [1.54, 1.807) is 53.4 Å². The number of nitrogens with one attached hydrogen (secondary N) is 2. The summed E-state index contributed by atoms with van der Waals surface area (Å²) in [6.07, 6.45) is 1.06. The summed E-state index contributed by atoms with van der Waals surface area (Å²) in [5.41, 5.74) is 1.75. The third-order valence-electron chi connectivity index (χ3n) is 6.39. The largest absolute Gasteiger partial charge is 0.497 e. The van der Waals surface area contributed by atoms with Crippen LogP contribution in [0.4, 0.5) is 15.8 Å². The molecule has 0 saturated carbocycles. The molecule has 1 fully saturated rings. The number of anilines is 2. The van der Waals surface area contributed by atoms with E-state index in [1.807, 2.05) is 0 Å². The summed E-state index contributed by atoms with van der Waals surface area (Å²) < 4.78 is 48.2. The predicted octanol–water partition coefficient (Wildman–Crippen LogP) is 5.37. The minimum Gasteiger partial charge on any atom is -0.497 e. The average molecular weight is 526 g/mol. The number of hydrogen-bond donors (Lipinski definition) is 2. The molecule has 0 aliphatic carbocycles. The summed E-state index contributed by atoms with van der Waals surface area (Å²) in [6, 6.07) is 17.2. The highest BCUT2D eigenvalue weighted by Gasteiger charge is 2.28. The van der Waals surface area contributed by atoms with Crippen molar-refractivity contribution in [3.05, 3.63) is 83.7 Å². The first-order chi connectivity index (χ1) is 17.6. The van der Waals surface area contributed by atoms with Gasteiger partial charge in [-0.3, -0.25) is 9.52 Å². The van der Waals surface area contributed by atoms with Crippen molar-refractivity contribution in [2.75, 3.05) is 30.2 Å². The number of ether oxygens (including phenoxy) is 1. The van der Waals surface area contributed by atoms with Crippen LogP contribution in [0.3, 0.4) is 0 Å². The van der Waals surface area contributed by atoms with Crippen LogP contribution in [-0.4, -0.2) is 39.4 Å². The van der Waals surface area contributed by atoms with Crippen molar-refractivity contribution in [2.24, 2.45) is 11.8 Å². The maximum absolute atomic E-state index is 13.6. The third kappa shape index (κ3) is 6.60. The fourth-order valence-electron chi connectivity index (χ4n) is 4.73. The Hall–Kier alpha value is -3.59. The summed E-state index contributed by atoms with van der Waals surface area (Å²) in [5.74, 6) is 0.719. The summed E-state index contributed by atoms with van der Waals surface area (Å²) in [6.45, 7) is 5.78. The lowest BCUT2D eigenvalue weighted by Crippen LogP contribution is -2.42. The number of sulfonamides is 1. The highest BCUT2D eigenvalue weighted by molar-refractivity contribution is 7.92. The van der Waals surface area contributed by atoms with Gasteiger partial charge in [-0.15, -0.1) is 0 Å². The van der Waals surface area contributed by atoms with E-state index in [-0.39, 0.29) is 23.2 Å². The number of rotatable bonds is 8. The Labute approximate surface area is 217 Å². The van der Waals surface area contributed by atoms with Crippen LogP contribution in [0.2, 0.25) is 0 Å². The van der Waals surface area contributed by atoms with E-state index in [4.69, 9.17) is 4.74 Å². The second-order valence-electron chi connectivity index (χ2n) is 9.68. The average Bonchev–Trinajstić information content (AvgIpc) is 2.87. The quantitative estimate of drug-likeness (QED) is 0.413. The highest BCUT2D eigenvalue weighted by atomic mass is 32.2. The van der Waals surface area contributed by atoms with Crippen molar-refractivity contribution < 1.29 is 22.3 Å². The van der Waals surface area contributed by atoms with Crippen molar-refractivity contribution in [3.63, 3.8) is 0 Å². The zero-order valence-corrected chi connectivity index (χ0v) is 22.0. The molecule has 0 bridgehead atoms. The molecule has 0 spiro atoms. The highest BCUT2D eigenvalue weighted by Crippen LogP contribution is 2.29. The molecule has 2 N–H and O–H groups in total. The maximum Gasteiger partial charge on any atom is 0.263 e. The van der Waals surface area contributed by atoms with Crippen LogP contribution in [0.5, 0.6) is 5.75 Å². The van der Waals surface area contributed by atoms with E-state index < -0.39 is 10.0 Å². The Morgan fingerprint density at radius 3 is 2.41 bits per heavy atom. The number of amides is 1. The lowest BCUT2D eigenvalue weighted by Gasteiger charge is -2.35.